The number of hydrogen-bond acceptors (Lipinski definition) is 5. The molecule has 4 heterocycles. The fraction of sp³-hybridized carbons (Fsp3) is 0.276. The molecule has 194 valence electrons. The van der Waals surface area contributed by atoms with E-state index in [1.54, 1.807) is 23.6 Å². The van der Waals surface area contributed by atoms with Gasteiger partial charge in [-0.25, -0.2) is 14.8 Å². The van der Waals surface area contributed by atoms with Gasteiger partial charge >= 0.3 is 6.03 Å². The third-order valence-corrected chi connectivity index (χ3v) is 8.85. The highest BCUT2D eigenvalue weighted by atomic mass is 35.5. The number of rotatable bonds is 5. The van der Waals surface area contributed by atoms with E-state index in [0.29, 0.717) is 18.2 Å². The van der Waals surface area contributed by atoms with Crippen molar-refractivity contribution in [3.05, 3.63) is 93.2 Å². The molecule has 1 spiro atoms. The molecule has 0 saturated carbocycles. The van der Waals surface area contributed by atoms with Gasteiger partial charge in [0.15, 0.2) is 0 Å². The smallest absolute Gasteiger partial charge is 0.322 e. The summed E-state index contributed by atoms with van der Waals surface area (Å²) < 4.78 is 1.17. The minimum atomic E-state index is -0.101. The molecule has 4 aromatic rings. The Hall–Kier alpha value is -2.97. The number of likely N-dealkylation sites (tertiary alicyclic amines) is 1. The van der Waals surface area contributed by atoms with Crippen molar-refractivity contribution in [1.82, 2.24) is 20.2 Å². The van der Waals surface area contributed by atoms with Crippen LogP contribution < -0.4 is 10.2 Å². The first-order valence-corrected chi connectivity index (χ1v) is 14.3. The van der Waals surface area contributed by atoms with Crippen molar-refractivity contribution >= 4 is 62.5 Å². The summed E-state index contributed by atoms with van der Waals surface area (Å²) in [5.41, 5.74) is 7.12. The Morgan fingerprint density at radius 2 is 1.89 bits per heavy atom. The summed E-state index contributed by atoms with van der Waals surface area (Å²) in [7, 11) is 0. The number of pyridine rings is 1. The van der Waals surface area contributed by atoms with Gasteiger partial charge < -0.3 is 5.32 Å². The number of anilines is 1. The van der Waals surface area contributed by atoms with Crippen LogP contribution in [0.15, 0.2) is 66.3 Å². The number of piperidine rings is 1. The third kappa shape index (κ3) is 5.04. The Morgan fingerprint density at radius 1 is 1.08 bits per heavy atom. The maximum Gasteiger partial charge on any atom is 0.322 e. The number of hydrogen-bond donors (Lipinski definition) is 1. The topological polar surface area (TPSA) is 61.4 Å². The maximum absolute atomic E-state index is 13.4. The van der Waals surface area contributed by atoms with Crippen molar-refractivity contribution in [3.8, 4) is 0 Å². The molecule has 0 atom stereocenters. The largest absolute Gasteiger partial charge is 0.334 e. The quantitative estimate of drug-likeness (QED) is 0.272. The van der Waals surface area contributed by atoms with Crippen LogP contribution in [0.2, 0.25) is 10.2 Å². The van der Waals surface area contributed by atoms with Crippen LogP contribution in [-0.4, -0.2) is 47.1 Å². The van der Waals surface area contributed by atoms with Crippen LogP contribution in [0.25, 0.3) is 16.3 Å². The lowest BCUT2D eigenvalue weighted by Crippen LogP contribution is -2.47. The van der Waals surface area contributed by atoms with Crippen LogP contribution in [0.5, 0.6) is 0 Å². The zero-order valence-corrected chi connectivity index (χ0v) is 23.1. The first-order chi connectivity index (χ1) is 18.5. The predicted octanol–water partition coefficient (Wildman–Crippen LogP) is 6.77. The zero-order valence-electron chi connectivity index (χ0n) is 20.7. The summed E-state index contributed by atoms with van der Waals surface area (Å²) in [4.78, 5) is 26.6. The normalized spacial score (nSPS) is 16.9. The van der Waals surface area contributed by atoms with Gasteiger partial charge in [0, 0.05) is 41.8 Å². The van der Waals surface area contributed by atoms with Gasteiger partial charge in [-0.3, -0.25) is 9.80 Å². The number of aromatic nitrogens is 2. The molecule has 6 nitrogen and oxygen atoms in total. The van der Waals surface area contributed by atoms with Crippen molar-refractivity contribution in [2.75, 3.05) is 31.1 Å². The summed E-state index contributed by atoms with van der Waals surface area (Å²) >= 11 is 13.7. The number of amides is 2. The first kappa shape index (κ1) is 25.3. The Kier molecular flexibility index (Phi) is 7.10. The number of benzene rings is 2. The monoisotopic (exact) mass is 563 g/mol. The molecule has 2 aliphatic heterocycles. The number of carbonyl (C=O) groups excluding carboxylic acids is 1. The number of nitrogens with one attached hydrogen (secondary N) is 1. The second-order valence-electron chi connectivity index (χ2n) is 9.93. The molecule has 1 saturated heterocycles. The van der Waals surface area contributed by atoms with E-state index in [0.717, 1.165) is 59.8 Å². The van der Waals surface area contributed by atoms with Gasteiger partial charge in [-0.1, -0.05) is 47.5 Å². The van der Waals surface area contributed by atoms with Gasteiger partial charge in [-0.2, -0.15) is 0 Å². The summed E-state index contributed by atoms with van der Waals surface area (Å²) in [5, 5.41) is 4.25. The van der Waals surface area contributed by atoms with Gasteiger partial charge in [-0.15, -0.1) is 11.3 Å². The van der Waals surface area contributed by atoms with Crippen LogP contribution in [0.1, 0.15) is 29.5 Å². The van der Waals surface area contributed by atoms with Crippen LogP contribution in [0.4, 0.5) is 10.5 Å². The average Bonchev–Trinajstić information content (AvgIpc) is 3.53. The van der Waals surface area contributed by atoms with Gasteiger partial charge in [-0.05, 0) is 73.5 Å². The summed E-state index contributed by atoms with van der Waals surface area (Å²) in [5.74, 6) is 0. The fourth-order valence-electron chi connectivity index (χ4n) is 5.63. The van der Waals surface area contributed by atoms with Crippen molar-refractivity contribution < 1.29 is 4.79 Å². The number of nitrogens with zero attached hydrogens (tertiary/aromatic N) is 4. The van der Waals surface area contributed by atoms with Crippen LogP contribution in [0, 0.1) is 0 Å². The van der Waals surface area contributed by atoms with Crippen LogP contribution in [-0.2, 0) is 12.0 Å². The fourth-order valence-corrected chi connectivity index (χ4v) is 6.63. The van der Waals surface area contributed by atoms with E-state index < -0.39 is 0 Å². The number of fused-ring (bicyclic) bond motifs is 4. The number of halogens is 2. The van der Waals surface area contributed by atoms with E-state index in [1.807, 2.05) is 40.7 Å². The minimum Gasteiger partial charge on any atom is -0.334 e. The Balaban J connectivity index is 1.18. The molecule has 2 aromatic heterocycles. The molecule has 1 fully saturated rings. The number of thiazole rings is 1. The Bertz CT molecular complexity index is 1490. The molecule has 1 N–H and O–H groups in total. The van der Waals surface area contributed by atoms with E-state index >= 15 is 0 Å². The Morgan fingerprint density at radius 3 is 2.68 bits per heavy atom. The van der Waals surface area contributed by atoms with E-state index in [2.05, 4.69) is 39.5 Å². The van der Waals surface area contributed by atoms with Gasteiger partial charge in [0.05, 0.1) is 21.4 Å². The van der Waals surface area contributed by atoms with E-state index in [-0.39, 0.29) is 11.4 Å². The van der Waals surface area contributed by atoms with E-state index in [4.69, 9.17) is 28.2 Å². The van der Waals surface area contributed by atoms with Crippen LogP contribution in [0.3, 0.4) is 0 Å². The highest BCUT2D eigenvalue weighted by Gasteiger charge is 2.47. The molecule has 0 unspecified atom stereocenters. The number of urea groups is 1. The second-order valence-corrected chi connectivity index (χ2v) is 11.6. The zero-order chi connectivity index (χ0) is 26.1. The second kappa shape index (κ2) is 10.7. The summed E-state index contributed by atoms with van der Waals surface area (Å²) in [6.45, 7) is 3.89. The lowest BCUT2D eigenvalue weighted by Gasteiger charge is -2.39. The van der Waals surface area contributed by atoms with Crippen molar-refractivity contribution in [2.45, 2.75) is 24.8 Å². The molecule has 2 amide bonds. The van der Waals surface area contributed by atoms with Crippen molar-refractivity contribution in [1.29, 1.82) is 0 Å². The molecule has 0 radical (unpaired) electrons. The molecular formula is C29H27Cl2N5OS. The molecule has 6 rings (SSSR count). The van der Waals surface area contributed by atoms with Gasteiger partial charge in [0.25, 0.3) is 0 Å². The average molecular weight is 565 g/mol. The highest BCUT2D eigenvalue weighted by molar-refractivity contribution is 7.16. The summed E-state index contributed by atoms with van der Waals surface area (Å²) in [6.07, 6.45) is 7.98. The Labute approximate surface area is 235 Å². The van der Waals surface area contributed by atoms with Gasteiger partial charge in [0.1, 0.15) is 5.15 Å². The van der Waals surface area contributed by atoms with E-state index in [1.165, 1.54) is 10.3 Å². The highest BCUT2D eigenvalue weighted by Crippen LogP contribution is 2.50. The molecular weight excluding hydrogens is 537 g/mol. The number of carbonyl (C=O) groups is 1. The third-order valence-electron chi connectivity index (χ3n) is 7.60. The lowest BCUT2D eigenvalue weighted by atomic mass is 9.74. The summed E-state index contributed by atoms with van der Waals surface area (Å²) in [6, 6.07) is 15.6. The molecule has 38 heavy (non-hydrogen) atoms. The van der Waals surface area contributed by atoms with Crippen LogP contribution >= 0.6 is 34.5 Å². The molecule has 0 bridgehead atoms. The SMILES string of the molecule is O=C(NCc1ccnc(Cl)c1)N1CC2(CCN(C/C=C/c3ccc(Cl)cc3)CC2)c2c1ccc1scnc21. The lowest BCUT2D eigenvalue weighted by molar-refractivity contribution is 0.180. The molecule has 0 aliphatic carbocycles. The van der Waals surface area contributed by atoms with Crippen molar-refractivity contribution in [2.24, 2.45) is 0 Å². The predicted molar refractivity (Wildman–Crippen MR) is 156 cm³/mol. The first-order valence-electron chi connectivity index (χ1n) is 12.7. The molecule has 2 aliphatic rings. The standard InChI is InChI=1S/C29H27Cl2N5OS/c30-22-5-3-20(4-6-22)2-1-13-35-14-10-29(11-15-35)18-36(23-7-8-24-27(26(23)29)34-19-38-24)28(37)33-17-21-9-12-32-25(31)16-21/h1-9,12,16,19H,10-11,13-15,17-18H2,(H,33,37)/b2-1+. The minimum absolute atomic E-state index is 0.0982. The van der Waals surface area contributed by atoms with E-state index in [9.17, 15) is 4.79 Å². The van der Waals surface area contributed by atoms with Gasteiger partial charge in [0.2, 0.25) is 0 Å². The maximum atomic E-state index is 13.4. The molecule has 9 heteroatoms. The van der Waals surface area contributed by atoms with Crippen molar-refractivity contribution in [3.63, 3.8) is 0 Å². The molecule has 2 aromatic carbocycles.